The predicted molar refractivity (Wildman–Crippen MR) is 134 cm³/mol. The molecular weight excluding hydrogens is 388 g/mol. The average molecular weight is 413 g/mol. The first kappa shape index (κ1) is 18.7. The van der Waals surface area contributed by atoms with Gasteiger partial charge in [-0.1, -0.05) is 97.1 Å². The Bertz CT molecular complexity index is 1520. The molecule has 6 aromatic rings. The van der Waals surface area contributed by atoms with E-state index in [2.05, 4.69) is 132 Å². The monoisotopic (exact) mass is 412 g/mol. The molecule has 0 aliphatic heterocycles. The number of hydrogen-bond donors (Lipinski definition) is 1. The summed E-state index contributed by atoms with van der Waals surface area (Å²) in [6, 6.07) is 39.0. The van der Waals surface area contributed by atoms with Crippen molar-refractivity contribution >= 4 is 21.8 Å². The Kier molecular flexibility index (Phi) is 4.43. The van der Waals surface area contributed by atoms with Crippen molar-refractivity contribution in [3.63, 3.8) is 0 Å². The van der Waals surface area contributed by atoms with Crippen molar-refractivity contribution in [3.8, 4) is 11.3 Å². The number of benzene rings is 4. The lowest BCUT2D eigenvalue weighted by Crippen LogP contribution is -2.05. The van der Waals surface area contributed by atoms with Crippen LogP contribution >= 0.6 is 0 Å². The summed E-state index contributed by atoms with van der Waals surface area (Å²) in [5, 5.41) is 2.57. The fraction of sp³-hybridized carbons (Fsp3) is 0.0667. The molecule has 0 spiro atoms. The highest BCUT2D eigenvalue weighted by atomic mass is 15.0. The number of hydrogen-bond acceptors (Lipinski definition) is 0. The van der Waals surface area contributed by atoms with Gasteiger partial charge in [-0.25, -0.2) is 0 Å². The number of aryl methyl sites for hydroxylation is 1. The van der Waals surface area contributed by atoms with Gasteiger partial charge in [-0.15, -0.1) is 0 Å². The van der Waals surface area contributed by atoms with Gasteiger partial charge in [-0.2, -0.15) is 0 Å². The number of fused-ring (bicyclic) bond motifs is 2. The van der Waals surface area contributed by atoms with Crippen LogP contribution in [0.5, 0.6) is 0 Å². The molecule has 2 nitrogen and oxygen atoms in total. The largest absolute Gasteiger partial charge is 0.361 e. The zero-order valence-corrected chi connectivity index (χ0v) is 18.0. The first-order valence-corrected chi connectivity index (χ1v) is 11.1. The van der Waals surface area contributed by atoms with E-state index in [1.165, 1.54) is 49.8 Å². The predicted octanol–water partition coefficient (Wildman–Crippen LogP) is 7.51. The summed E-state index contributed by atoms with van der Waals surface area (Å²) >= 11 is 0. The number of para-hydroxylation sites is 2. The fourth-order valence-corrected chi connectivity index (χ4v) is 5.14. The molecule has 0 saturated carbocycles. The molecule has 0 aliphatic carbocycles. The lowest BCUT2D eigenvalue weighted by Gasteiger charge is -2.20. The van der Waals surface area contributed by atoms with Crippen LogP contribution in [0, 0.1) is 0 Å². The van der Waals surface area contributed by atoms with Gasteiger partial charge >= 0.3 is 0 Å². The lowest BCUT2D eigenvalue weighted by molar-refractivity contribution is 0.941. The topological polar surface area (TPSA) is 20.7 Å². The molecule has 0 bridgehead atoms. The first-order valence-electron chi connectivity index (χ1n) is 11.1. The Morgan fingerprint density at radius 3 is 2.06 bits per heavy atom. The number of aromatic nitrogens is 2. The molecule has 2 aromatic heterocycles. The summed E-state index contributed by atoms with van der Waals surface area (Å²) in [4.78, 5) is 3.52. The molecular formula is C30H24N2. The van der Waals surface area contributed by atoms with Crippen LogP contribution in [0.4, 0.5) is 0 Å². The Balaban J connectivity index is 1.75. The van der Waals surface area contributed by atoms with E-state index >= 15 is 0 Å². The van der Waals surface area contributed by atoms with Crippen LogP contribution in [0.1, 0.15) is 22.6 Å². The molecule has 154 valence electrons. The van der Waals surface area contributed by atoms with Crippen molar-refractivity contribution in [2.75, 3.05) is 0 Å². The van der Waals surface area contributed by atoms with Crippen molar-refractivity contribution in [1.82, 2.24) is 9.55 Å². The minimum Gasteiger partial charge on any atom is -0.361 e. The Labute approximate surface area is 187 Å². The van der Waals surface area contributed by atoms with Crippen molar-refractivity contribution in [2.45, 2.75) is 5.92 Å². The van der Waals surface area contributed by atoms with Crippen LogP contribution in [-0.2, 0) is 7.05 Å². The SMILES string of the molecule is Cn1c(-c2ccccc2)c(C(c2ccccc2)c2c[nH]c3ccccc23)c2ccccc21. The molecule has 2 heteroatoms. The minimum absolute atomic E-state index is 0.105. The van der Waals surface area contributed by atoms with Gasteiger partial charge in [-0.05, 0) is 34.4 Å². The Hall–Kier alpha value is -4.04. The van der Waals surface area contributed by atoms with E-state index < -0.39 is 0 Å². The lowest BCUT2D eigenvalue weighted by atomic mass is 9.82. The standard InChI is InChI=1S/C30H24N2/c1-32-27-19-11-9-17-24(27)29(30(32)22-14-6-3-7-15-22)28(21-12-4-2-5-13-21)25-20-31-26-18-10-8-16-23(25)26/h2-20,28,31H,1H3. The van der Waals surface area contributed by atoms with E-state index in [1.54, 1.807) is 0 Å². The summed E-state index contributed by atoms with van der Waals surface area (Å²) < 4.78 is 2.35. The second-order valence-electron chi connectivity index (χ2n) is 8.34. The molecule has 0 saturated heterocycles. The second kappa shape index (κ2) is 7.58. The van der Waals surface area contributed by atoms with E-state index in [9.17, 15) is 0 Å². The highest BCUT2D eigenvalue weighted by Crippen LogP contribution is 2.45. The molecule has 0 fully saturated rings. The molecule has 1 unspecified atom stereocenters. The summed E-state index contributed by atoms with van der Waals surface area (Å²) in [5.41, 5.74) is 8.89. The van der Waals surface area contributed by atoms with Crippen molar-refractivity contribution < 1.29 is 0 Å². The van der Waals surface area contributed by atoms with Gasteiger partial charge in [0.15, 0.2) is 0 Å². The number of H-pyrrole nitrogens is 1. The Morgan fingerprint density at radius 2 is 1.28 bits per heavy atom. The number of nitrogens with one attached hydrogen (secondary N) is 1. The normalized spacial score (nSPS) is 12.4. The number of nitrogens with zero attached hydrogens (tertiary/aromatic N) is 1. The summed E-state index contributed by atoms with van der Waals surface area (Å²) in [5.74, 6) is 0.105. The van der Waals surface area contributed by atoms with E-state index in [0.29, 0.717) is 0 Å². The maximum atomic E-state index is 3.52. The quantitative estimate of drug-likeness (QED) is 0.309. The van der Waals surface area contributed by atoms with Gasteiger partial charge in [0.05, 0.1) is 5.69 Å². The smallest absolute Gasteiger partial charge is 0.0530 e. The molecule has 2 heterocycles. The maximum Gasteiger partial charge on any atom is 0.0530 e. The van der Waals surface area contributed by atoms with Gasteiger partial charge < -0.3 is 9.55 Å². The summed E-state index contributed by atoms with van der Waals surface area (Å²) in [6.45, 7) is 0. The van der Waals surface area contributed by atoms with Crippen LogP contribution in [0.2, 0.25) is 0 Å². The third kappa shape index (κ3) is 2.88. The highest BCUT2D eigenvalue weighted by molar-refractivity contribution is 5.95. The van der Waals surface area contributed by atoms with Gasteiger partial charge in [-0.3, -0.25) is 0 Å². The summed E-state index contributed by atoms with van der Waals surface area (Å²) in [7, 11) is 2.19. The maximum absolute atomic E-state index is 3.52. The summed E-state index contributed by atoms with van der Waals surface area (Å²) in [6.07, 6.45) is 2.19. The fourth-order valence-electron chi connectivity index (χ4n) is 5.14. The molecule has 4 aromatic carbocycles. The molecule has 0 radical (unpaired) electrons. The van der Waals surface area contributed by atoms with Crippen LogP contribution in [0.15, 0.2) is 115 Å². The van der Waals surface area contributed by atoms with Gasteiger partial charge in [0, 0.05) is 41.0 Å². The Morgan fingerprint density at radius 1 is 0.656 bits per heavy atom. The van der Waals surface area contributed by atoms with Crippen LogP contribution in [0.3, 0.4) is 0 Å². The van der Waals surface area contributed by atoms with Crippen molar-refractivity contribution in [3.05, 3.63) is 132 Å². The zero-order chi connectivity index (χ0) is 21.5. The van der Waals surface area contributed by atoms with Gasteiger partial charge in [0.1, 0.15) is 0 Å². The minimum atomic E-state index is 0.105. The number of rotatable bonds is 4. The first-order chi connectivity index (χ1) is 15.8. The van der Waals surface area contributed by atoms with E-state index in [0.717, 1.165) is 0 Å². The molecule has 1 N–H and O–H groups in total. The molecule has 0 amide bonds. The molecule has 1 atom stereocenters. The van der Waals surface area contributed by atoms with Crippen LogP contribution in [0.25, 0.3) is 33.1 Å². The highest BCUT2D eigenvalue weighted by Gasteiger charge is 2.28. The molecule has 32 heavy (non-hydrogen) atoms. The van der Waals surface area contributed by atoms with Crippen LogP contribution < -0.4 is 0 Å². The number of aromatic amines is 1. The molecule has 6 rings (SSSR count). The van der Waals surface area contributed by atoms with Crippen LogP contribution in [-0.4, -0.2) is 9.55 Å². The average Bonchev–Trinajstić information content (AvgIpc) is 3.41. The van der Waals surface area contributed by atoms with Gasteiger partial charge in [0.25, 0.3) is 0 Å². The second-order valence-corrected chi connectivity index (χ2v) is 8.34. The zero-order valence-electron chi connectivity index (χ0n) is 18.0. The third-order valence-electron chi connectivity index (χ3n) is 6.55. The van der Waals surface area contributed by atoms with E-state index in [-0.39, 0.29) is 5.92 Å². The van der Waals surface area contributed by atoms with E-state index in [4.69, 9.17) is 0 Å². The third-order valence-corrected chi connectivity index (χ3v) is 6.55. The molecule has 0 aliphatic rings. The van der Waals surface area contributed by atoms with Gasteiger partial charge in [0.2, 0.25) is 0 Å². The van der Waals surface area contributed by atoms with Crippen molar-refractivity contribution in [2.24, 2.45) is 7.05 Å². The van der Waals surface area contributed by atoms with E-state index in [1.807, 2.05) is 0 Å². The van der Waals surface area contributed by atoms with Crippen molar-refractivity contribution in [1.29, 1.82) is 0 Å².